The first-order chi connectivity index (χ1) is 9.30. The van der Waals surface area contributed by atoms with Crippen molar-refractivity contribution < 1.29 is 23.1 Å². The second-order valence-electron chi connectivity index (χ2n) is 4.21. The quantitative estimate of drug-likeness (QED) is 0.783. The predicted octanol–water partition coefficient (Wildman–Crippen LogP) is 2.84. The number of alkyl halides is 3. The fourth-order valence-corrected chi connectivity index (χ4v) is 1.94. The van der Waals surface area contributed by atoms with Crippen LogP contribution in [-0.4, -0.2) is 35.3 Å². The molecule has 0 radical (unpaired) electrons. The Hall–Kier alpha value is -1.34. The van der Waals surface area contributed by atoms with Gasteiger partial charge in [0.25, 0.3) is 0 Å². The summed E-state index contributed by atoms with van der Waals surface area (Å²) in [6.45, 7) is 2.19. The number of nitrogens with one attached hydrogen (secondary N) is 1. The molecule has 0 amide bonds. The third-order valence-corrected chi connectivity index (χ3v) is 2.95. The third-order valence-electron chi connectivity index (χ3n) is 2.74. The number of carboxylic acid groups (broad SMARTS) is 1. The van der Waals surface area contributed by atoms with Crippen molar-refractivity contribution >= 4 is 17.6 Å². The number of hydrogen-bond acceptors (Lipinski definition) is 3. The molecule has 0 aliphatic carbocycles. The average molecular weight is 311 g/mol. The van der Waals surface area contributed by atoms with Gasteiger partial charge >= 0.3 is 12.1 Å². The molecular formula is C12H14ClF3N2O2. The molecule has 20 heavy (non-hydrogen) atoms. The van der Waals surface area contributed by atoms with E-state index in [1.165, 1.54) is 12.8 Å². The van der Waals surface area contributed by atoms with Crippen molar-refractivity contribution in [3.63, 3.8) is 0 Å². The molecule has 4 nitrogen and oxygen atoms in total. The Labute approximate surface area is 119 Å². The number of aliphatic carboxylic acids is 1. The van der Waals surface area contributed by atoms with Crippen molar-refractivity contribution in [1.82, 2.24) is 10.3 Å². The molecule has 2 rings (SSSR count). The molecule has 1 saturated heterocycles. The summed E-state index contributed by atoms with van der Waals surface area (Å²) in [4.78, 5) is 13.2. The van der Waals surface area contributed by atoms with Crippen LogP contribution in [0.5, 0.6) is 0 Å². The number of carbonyl (C=O) groups is 1. The first-order valence-corrected chi connectivity index (χ1v) is 6.32. The second-order valence-corrected chi connectivity index (χ2v) is 4.60. The zero-order valence-corrected chi connectivity index (χ0v) is 11.2. The van der Waals surface area contributed by atoms with Gasteiger partial charge in [0, 0.05) is 11.6 Å². The zero-order valence-electron chi connectivity index (χ0n) is 10.5. The molecular weight excluding hydrogens is 297 g/mol. The predicted molar refractivity (Wildman–Crippen MR) is 67.8 cm³/mol. The smallest absolute Gasteiger partial charge is 0.475 e. The Morgan fingerprint density at radius 1 is 1.35 bits per heavy atom. The van der Waals surface area contributed by atoms with Crippen LogP contribution < -0.4 is 5.32 Å². The van der Waals surface area contributed by atoms with Crippen LogP contribution in [0.2, 0.25) is 5.15 Å². The minimum absolute atomic E-state index is 0.597. The minimum Gasteiger partial charge on any atom is -0.475 e. The van der Waals surface area contributed by atoms with Crippen molar-refractivity contribution in [3.8, 4) is 0 Å². The Bertz CT molecular complexity index is 449. The van der Waals surface area contributed by atoms with E-state index in [0.717, 1.165) is 18.8 Å². The van der Waals surface area contributed by atoms with Crippen LogP contribution in [0, 0.1) is 0 Å². The van der Waals surface area contributed by atoms with Gasteiger partial charge in [-0.05, 0) is 38.1 Å². The fraction of sp³-hybridized carbons (Fsp3) is 0.500. The van der Waals surface area contributed by atoms with Crippen LogP contribution in [0.25, 0.3) is 0 Å². The highest BCUT2D eigenvalue weighted by Gasteiger charge is 2.38. The molecule has 2 heterocycles. The maximum atomic E-state index is 10.6. The van der Waals surface area contributed by atoms with Gasteiger partial charge in [0.1, 0.15) is 5.15 Å². The summed E-state index contributed by atoms with van der Waals surface area (Å²) < 4.78 is 31.7. The number of rotatable bonds is 1. The monoisotopic (exact) mass is 310 g/mol. The van der Waals surface area contributed by atoms with Crippen LogP contribution >= 0.6 is 11.6 Å². The van der Waals surface area contributed by atoms with E-state index in [0.29, 0.717) is 11.1 Å². The number of halogens is 4. The molecule has 1 aliphatic rings. The van der Waals surface area contributed by atoms with Crippen LogP contribution in [0.4, 0.5) is 13.2 Å². The number of hydrogen-bond donors (Lipinski definition) is 2. The highest BCUT2D eigenvalue weighted by molar-refractivity contribution is 6.29. The standard InChI is InChI=1S/C10H13ClN2.C2HF3O2/c11-10-3-1-2-9(13-10)8-4-6-12-7-5-8;3-2(4,5)1(6)7/h1-3,8,12H,4-7H2;(H,6,7). The highest BCUT2D eigenvalue weighted by Crippen LogP contribution is 2.24. The summed E-state index contributed by atoms with van der Waals surface area (Å²) in [6.07, 6.45) is -2.74. The summed E-state index contributed by atoms with van der Waals surface area (Å²) in [5.74, 6) is -2.16. The Balaban J connectivity index is 0.000000246. The molecule has 1 fully saturated rings. The van der Waals surface area contributed by atoms with Crippen molar-refractivity contribution in [2.45, 2.75) is 24.9 Å². The molecule has 0 bridgehead atoms. The van der Waals surface area contributed by atoms with E-state index in [1.54, 1.807) is 0 Å². The lowest BCUT2D eigenvalue weighted by molar-refractivity contribution is -0.192. The molecule has 112 valence electrons. The number of piperidine rings is 1. The van der Waals surface area contributed by atoms with Crippen LogP contribution in [0.15, 0.2) is 18.2 Å². The Morgan fingerprint density at radius 2 is 1.90 bits per heavy atom. The maximum Gasteiger partial charge on any atom is 0.490 e. The van der Waals surface area contributed by atoms with Gasteiger partial charge in [0.15, 0.2) is 0 Å². The van der Waals surface area contributed by atoms with Gasteiger partial charge in [-0.3, -0.25) is 0 Å². The molecule has 2 N–H and O–H groups in total. The summed E-state index contributed by atoms with van der Waals surface area (Å²) in [5, 5.41) is 11.1. The molecule has 0 unspecified atom stereocenters. The molecule has 0 atom stereocenters. The lowest BCUT2D eigenvalue weighted by Gasteiger charge is -2.21. The van der Waals surface area contributed by atoms with Crippen molar-refractivity contribution in [3.05, 3.63) is 29.0 Å². The topological polar surface area (TPSA) is 62.2 Å². The SMILES string of the molecule is Clc1cccc(C2CCNCC2)n1.O=C(O)C(F)(F)F. The van der Waals surface area contributed by atoms with Crippen molar-refractivity contribution in [2.75, 3.05) is 13.1 Å². The van der Waals surface area contributed by atoms with Crippen LogP contribution in [0.3, 0.4) is 0 Å². The van der Waals surface area contributed by atoms with Gasteiger partial charge in [-0.1, -0.05) is 17.7 Å². The summed E-state index contributed by atoms with van der Waals surface area (Å²) in [7, 11) is 0. The van der Waals surface area contributed by atoms with Gasteiger partial charge in [-0.2, -0.15) is 13.2 Å². The van der Waals surface area contributed by atoms with Crippen LogP contribution in [-0.2, 0) is 4.79 Å². The number of carboxylic acids is 1. The lowest BCUT2D eigenvalue weighted by Crippen LogP contribution is -2.27. The summed E-state index contributed by atoms with van der Waals surface area (Å²) in [6, 6.07) is 5.88. The van der Waals surface area contributed by atoms with E-state index >= 15 is 0 Å². The summed E-state index contributed by atoms with van der Waals surface area (Å²) >= 11 is 5.84. The zero-order chi connectivity index (χ0) is 15.2. The number of aromatic nitrogens is 1. The normalized spacial score (nSPS) is 16.2. The van der Waals surface area contributed by atoms with Gasteiger partial charge in [0.2, 0.25) is 0 Å². The fourth-order valence-electron chi connectivity index (χ4n) is 1.77. The van der Waals surface area contributed by atoms with E-state index in [2.05, 4.69) is 16.4 Å². The van der Waals surface area contributed by atoms with Gasteiger partial charge in [-0.15, -0.1) is 0 Å². The minimum atomic E-state index is -5.08. The Kier molecular flexibility index (Phi) is 6.22. The van der Waals surface area contributed by atoms with E-state index < -0.39 is 12.1 Å². The molecule has 0 saturated carbocycles. The highest BCUT2D eigenvalue weighted by atomic mass is 35.5. The van der Waals surface area contributed by atoms with E-state index in [4.69, 9.17) is 21.5 Å². The van der Waals surface area contributed by atoms with Crippen molar-refractivity contribution in [1.29, 1.82) is 0 Å². The molecule has 0 spiro atoms. The second kappa shape index (κ2) is 7.44. The lowest BCUT2D eigenvalue weighted by atomic mass is 9.94. The molecule has 0 aromatic carbocycles. The van der Waals surface area contributed by atoms with Gasteiger partial charge in [-0.25, -0.2) is 9.78 Å². The molecule has 1 aliphatic heterocycles. The van der Waals surface area contributed by atoms with Gasteiger partial charge in [0.05, 0.1) is 0 Å². The van der Waals surface area contributed by atoms with Gasteiger partial charge < -0.3 is 10.4 Å². The van der Waals surface area contributed by atoms with Crippen molar-refractivity contribution in [2.24, 2.45) is 0 Å². The molecule has 8 heteroatoms. The van der Waals surface area contributed by atoms with E-state index in [9.17, 15) is 13.2 Å². The molecule has 1 aromatic rings. The first-order valence-electron chi connectivity index (χ1n) is 5.94. The average Bonchev–Trinajstić information content (AvgIpc) is 2.39. The largest absolute Gasteiger partial charge is 0.490 e. The first kappa shape index (κ1) is 16.7. The number of pyridine rings is 1. The Morgan fingerprint density at radius 3 is 2.35 bits per heavy atom. The van der Waals surface area contributed by atoms with Crippen LogP contribution in [0.1, 0.15) is 24.5 Å². The number of nitrogens with zero attached hydrogens (tertiary/aromatic N) is 1. The molecule has 1 aromatic heterocycles. The van der Waals surface area contributed by atoms with E-state index in [-0.39, 0.29) is 0 Å². The third kappa shape index (κ3) is 5.75. The van der Waals surface area contributed by atoms with E-state index in [1.807, 2.05) is 12.1 Å². The summed E-state index contributed by atoms with van der Waals surface area (Å²) in [5.41, 5.74) is 1.15. The maximum absolute atomic E-state index is 10.6.